The van der Waals surface area contributed by atoms with E-state index in [1.165, 1.54) is 12.1 Å². The summed E-state index contributed by atoms with van der Waals surface area (Å²) in [5.74, 6) is -1.20. The monoisotopic (exact) mass is 440 g/mol. The first-order chi connectivity index (χ1) is 9.70. The molecule has 112 valence electrons. The fraction of sp³-hybridized carbons (Fsp3) is 0. The van der Waals surface area contributed by atoms with E-state index in [9.17, 15) is 17.2 Å². The Labute approximate surface area is 136 Å². The second kappa shape index (κ2) is 5.90. The van der Waals surface area contributed by atoms with Crippen molar-refractivity contribution in [3.8, 4) is 0 Å². The molecule has 0 aliphatic carbocycles. The van der Waals surface area contributed by atoms with E-state index in [-0.39, 0.29) is 25.2 Å². The van der Waals surface area contributed by atoms with Gasteiger partial charge in [-0.2, -0.15) is 0 Å². The van der Waals surface area contributed by atoms with E-state index in [1.54, 1.807) is 0 Å². The molecule has 3 N–H and O–H groups in total. The van der Waals surface area contributed by atoms with Gasteiger partial charge < -0.3 is 5.73 Å². The standard InChI is InChI=1S/C12H8Br2F2N2O2S/c13-7-3-6(1-2-9(7)15)18-21(19,20)12-4-8(14)10(16)5-11(12)17/h1-5,18H,17H2. The highest BCUT2D eigenvalue weighted by atomic mass is 79.9. The van der Waals surface area contributed by atoms with Crippen LogP contribution in [0.2, 0.25) is 0 Å². The van der Waals surface area contributed by atoms with Gasteiger partial charge in [-0.15, -0.1) is 0 Å². The molecular weight excluding hydrogens is 434 g/mol. The van der Waals surface area contributed by atoms with E-state index in [4.69, 9.17) is 5.73 Å². The normalized spacial score (nSPS) is 11.4. The zero-order valence-corrected chi connectivity index (χ0v) is 14.2. The SMILES string of the molecule is Nc1cc(F)c(Br)cc1S(=O)(=O)Nc1ccc(F)c(Br)c1. The lowest BCUT2D eigenvalue weighted by atomic mass is 10.3. The summed E-state index contributed by atoms with van der Waals surface area (Å²) in [6, 6.07) is 5.59. The highest BCUT2D eigenvalue weighted by Crippen LogP contribution is 2.28. The summed E-state index contributed by atoms with van der Waals surface area (Å²) in [7, 11) is -4.03. The van der Waals surface area contributed by atoms with Crippen LogP contribution in [0.1, 0.15) is 0 Å². The highest BCUT2D eigenvalue weighted by molar-refractivity contribution is 9.10. The zero-order valence-electron chi connectivity index (χ0n) is 10.2. The van der Waals surface area contributed by atoms with E-state index >= 15 is 0 Å². The molecule has 0 unspecified atom stereocenters. The maximum Gasteiger partial charge on any atom is 0.263 e. The second-order valence-corrected chi connectivity index (χ2v) is 7.40. The van der Waals surface area contributed by atoms with E-state index in [0.29, 0.717) is 0 Å². The van der Waals surface area contributed by atoms with Crippen molar-refractivity contribution in [2.75, 3.05) is 10.5 Å². The molecule has 0 amide bonds. The van der Waals surface area contributed by atoms with Crippen LogP contribution in [0.5, 0.6) is 0 Å². The first kappa shape index (κ1) is 16.2. The maximum atomic E-state index is 13.3. The van der Waals surface area contributed by atoms with Gasteiger partial charge in [-0.25, -0.2) is 17.2 Å². The minimum atomic E-state index is -4.03. The van der Waals surface area contributed by atoms with Gasteiger partial charge in [-0.05, 0) is 62.2 Å². The molecule has 9 heteroatoms. The summed E-state index contributed by atoms with van der Waals surface area (Å²) in [6.45, 7) is 0. The Balaban J connectivity index is 2.43. The lowest BCUT2D eigenvalue weighted by Gasteiger charge is -2.11. The van der Waals surface area contributed by atoms with Gasteiger partial charge in [0.2, 0.25) is 0 Å². The summed E-state index contributed by atoms with van der Waals surface area (Å²) in [5.41, 5.74) is 5.44. The van der Waals surface area contributed by atoms with Gasteiger partial charge in [0.15, 0.2) is 0 Å². The van der Waals surface area contributed by atoms with Crippen molar-refractivity contribution < 1.29 is 17.2 Å². The first-order valence-corrected chi connectivity index (χ1v) is 8.50. The van der Waals surface area contributed by atoms with Crippen molar-refractivity contribution in [3.05, 3.63) is 50.9 Å². The van der Waals surface area contributed by atoms with Gasteiger partial charge in [0.1, 0.15) is 16.5 Å². The number of hydrogen-bond acceptors (Lipinski definition) is 3. The van der Waals surface area contributed by atoms with E-state index in [0.717, 1.165) is 18.2 Å². The largest absolute Gasteiger partial charge is 0.398 e. The first-order valence-electron chi connectivity index (χ1n) is 5.43. The maximum absolute atomic E-state index is 13.3. The molecule has 0 heterocycles. The zero-order chi connectivity index (χ0) is 15.8. The third-order valence-electron chi connectivity index (χ3n) is 2.51. The fourth-order valence-electron chi connectivity index (χ4n) is 1.55. The van der Waals surface area contributed by atoms with Crippen molar-refractivity contribution >= 4 is 53.3 Å². The summed E-state index contributed by atoms with van der Waals surface area (Å²) in [4.78, 5) is -0.281. The molecule has 2 aromatic rings. The van der Waals surface area contributed by atoms with Crippen molar-refractivity contribution in [2.45, 2.75) is 4.90 Å². The van der Waals surface area contributed by atoms with Crippen LogP contribution in [0.3, 0.4) is 0 Å². The summed E-state index contributed by atoms with van der Waals surface area (Å²) in [6.07, 6.45) is 0. The van der Waals surface area contributed by atoms with Crippen LogP contribution in [0.15, 0.2) is 44.2 Å². The third kappa shape index (κ3) is 3.53. The summed E-state index contributed by atoms with van der Waals surface area (Å²) < 4.78 is 53.2. The summed E-state index contributed by atoms with van der Waals surface area (Å²) in [5, 5.41) is 0. The number of benzene rings is 2. The fourth-order valence-corrected chi connectivity index (χ4v) is 3.61. The Morgan fingerprint density at radius 3 is 2.24 bits per heavy atom. The van der Waals surface area contributed by atoms with Crippen molar-refractivity contribution in [2.24, 2.45) is 0 Å². The molecular formula is C12H8Br2F2N2O2S. The second-order valence-electron chi connectivity index (χ2n) is 4.04. The number of hydrogen-bond donors (Lipinski definition) is 2. The molecule has 0 atom stereocenters. The van der Waals surface area contributed by atoms with Gasteiger partial charge in [0, 0.05) is 0 Å². The molecule has 4 nitrogen and oxygen atoms in total. The predicted molar refractivity (Wildman–Crippen MR) is 83.4 cm³/mol. The molecule has 0 aromatic heterocycles. The molecule has 0 spiro atoms. The summed E-state index contributed by atoms with van der Waals surface area (Å²) >= 11 is 5.85. The Bertz CT molecular complexity index is 813. The molecule has 0 saturated heterocycles. The van der Waals surface area contributed by atoms with Crippen molar-refractivity contribution in [1.29, 1.82) is 0 Å². The van der Waals surface area contributed by atoms with E-state index < -0.39 is 21.7 Å². The van der Waals surface area contributed by atoms with Crippen molar-refractivity contribution in [3.63, 3.8) is 0 Å². The van der Waals surface area contributed by atoms with E-state index in [1.807, 2.05) is 0 Å². The molecule has 2 rings (SSSR count). The number of halogens is 4. The van der Waals surface area contributed by atoms with E-state index in [2.05, 4.69) is 36.6 Å². The van der Waals surface area contributed by atoms with Gasteiger partial charge in [0.05, 0.1) is 20.3 Å². The van der Waals surface area contributed by atoms with Gasteiger partial charge >= 0.3 is 0 Å². The number of anilines is 2. The van der Waals surface area contributed by atoms with Gasteiger partial charge in [-0.1, -0.05) is 0 Å². The lowest BCUT2D eigenvalue weighted by molar-refractivity contribution is 0.599. The molecule has 0 aliphatic rings. The Kier molecular flexibility index (Phi) is 4.54. The molecule has 0 bridgehead atoms. The Morgan fingerprint density at radius 1 is 1.00 bits per heavy atom. The number of rotatable bonds is 3. The van der Waals surface area contributed by atoms with Crippen LogP contribution >= 0.6 is 31.9 Å². The number of sulfonamides is 1. The molecule has 21 heavy (non-hydrogen) atoms. The minimum Gasteiger partial charge on any atom is -0.398 e. The third-order valence-corrected chi connectivity index (χ3v) is 5.17. The quantitative estimate of drug-likeness (QED) is 0.710. The minimum absolute atomic E-state index is 0.0302. The predicted octanol–water partition coefficient (Wildman–Crippen LogP) is 3.87. The van der Waals surface area contributed by atoms with Crippen LogP contribution < -0.4 is 10.5 Å². The van der Waals surface area contributed by atoms with Crippen LogP contribution in [0.25, 0.3) is 0 Å². The van der Waals surface area contributed by atoms with Crippen LogP contribution in [-0.4, -0.2) is 8.42 Å². The van der Waals surface area contributed by atoms with Crippen molar-refractivity contribution in [1.82, 2.24) is 0 Å². The molecule has 0 fully saturated rings. The Morgan fingerprint density at radius 2 is 1.62 bits per heavy atom. The number of nitrogens with one attached hydrogen (secondary N) is 1. The molecule has 0 aliphatic heterocycles. The smallest absolute Gasteiger partial charge is 0.263 e. The molecule has 2 aromatic carbocycles. The highest BCUT2D eigenvalue weighted by Gasteiger charge is 2.20. The average molecular weight is 442 g/mol. The lowest BCUT2D eigenvalue weighted by Crippen LogP contribution is -2.15. The average Bonchev–Trinajstić information content (AvgIpc) is 2.37. The van der Waals surface area contributed by atoms with Gasteiger partial charge in [-0.3, -0.25) is 4.72 Å². The Hall–Kier alpha value is -1.19. The van der Waals surface area contributed by atoms with Crippen LogP contribution in [-0.2, 0) is 10.0 Å². The molecule has 0 saturated carbocycles. The molecule has 0 radical (unpaired) electrons. The van der Waals surface area contributed by atoms with Crippen LogP contribution in [0, 0.1) is 11.6 Å². The van der Waals surface area contributed by atoms with Crippen LogP contribution in [0.4, 0.5) is 20.2 Å². The number of nitrogen functional groups attached to an aromatic ring is 1. The number of nitrogens with two attached hydrogens (primary N) is 1. The van der Waals surface area contributed by atoms with Gasteiger partial charge in [0.25, 0.3) is 10.0 Å². The topological polar surface area (TPSA) is 72.2 Å².